The van der Waals surface area contributed by atoms with Crippen LogP contribution < -0.4 is 16.0 Å². The molecule has 1 aliphatic heterocycles. The molecule has 0 aliphatic carbocycles. The van der Waals surface area contributed by atoms with Crippen molar-refractivity contribution in [2.45, 2.75) is 45.1 Å². The molecule has 1 aromatic carbocycles. The van der Waals surface area contributed by atoms with E-state index >= 15 is 0 Å². The standard InChI is InChI=1S/C20H34N4O/c1-18(17-22-20(25)11-7-2-3-8-12-21)23-13-15-24(16-14-23)19-9-5-4-6-10-19/h4-6,9-10,18H,2-3,7-8,11-17,21H2,1H3,(H,22,25). The van der Waals surface area contributed by atoms with Crippen molar-refractivity contribution >= 4 is 11.6 Å². The summed E-state index contributed by atoms with van der Waals surface area (Å²) in [4.78, 5) is 16.8. The number of hydrogen-bond donors (Lipinski definition) is 2. The Morgan fingerprint density at radius 3 is 2.44 bits per heavy atom. The third-order valence-electron chi connectivity index (χ3n) is 5.01. The Balaban J connectivity index is 1.60. The van der Waals surface area contributed by atoms with Crippen LogP contribution >= 0.6 is 0 Å². The van der Waals surface area contributed by atoms with Gasteiger partial charge in [-0.25, -0.2) is 0 Å². The maximum Gasteiger partial charge on any atom is 0.220 e. The van der Waals surface area contributed by atoms with Crippen LogP contribution in [0.5, 0.6) is 0 Å². The molecular formula is C20H34N4O. The zero-order valence-corrected chi connectivity index (χ0v) is 15.6. The SMILES string of the molecule is CC(CNC(=O)CCCCCCN)N1CCN(c2ccccc2)CC1. The highest BCUT2D eigenvalue weighted by molar-refractivity contribution is 5.75. The number of carbonyl (C=O) groups excluding carboxylic acids is 1. The molecule has 1 fully saturated rings. The summed E-state index contributed by atoms with van der Waals surface area (Å²) in [5, 5.41) is 3.09. The number of para-hydroxylation sites is 1. The van der Waals surface area contributed by atoms with Crippen LogP contribution in [0.4, 0.5) is 5.69 Å². The first-order valence-electron chi connectivity index (χ1n) is 9.71. The first-order valence-corrected chi connectivity index (χ1v) is 9.71. The Morgan fingerprint density at radius 1 is 1.08 bits per heavy atom. The normalized spacial score (nSPS) is 16.6. The number of nitrogens with zero attached hydrogens (tertiary/aromatic N) is 2. The summed E-state index contributed by atoms with van der Waals surface area (Å²) in [5.41, 5.74) is 6.78. The van der Waals surface area contributed by atoms with E-state index in [1.54, 1.807) is 0 Å². The van der Waals surface area contributed by atoms with Gasteiger partial charge in [0.25, 0.3) is 0 Å². The Morgan fingerprint density at radius 2 is 1.76 bits per heavy atom. The van der Waals surface area contributed by atoms with E-state index in [1.807, 2.05) is 0 Å². The number of unbranched alkanes of at least 4 members (excludes halogenated alkanes) is 3. The molecule has 1 unspecified atom stereocenters. The second-order valence-corrected chi connectivity index (χ2v) is 6.96. The van der Waals surface area contributed by atoms with Gasteiger partial charge in [0.15, 0.2) is 0 Å². The molecule has 25 heavy (non-hydrogen) atoms. The molecule has 0 bridgehead atoms. The molecule has 1 atom stereocenters. The lowest BCUT2D eigenvalue weighted by Crippen LogP contribution is -2.52. The van der Waals surface area contributed by atoms with E-state index in [2.05, 4.69) is 52.4 Å². The van der Waals surface area contributed by atoms with Crippen molar-refractivity contribution in [3.8, 4) is 0 Å². The first kappa shape index (κ1) is 19.7. The molecule has 5 heteroatoms. The highest BCUT2D eigenvalue weighted by atomic mass is 16.1. The van der Waals surface area contributed by atoms with Crippen molar-refractivity contribution in [3.63, 3.8) is 0 Å². The van der Waals surface area contributed by atoms with E-state index in [4.69, 9.17) is 5.73 Å². The summed E-state index contributed by atoms with van der Waals surface area (Å²) in [6, 6.07) is 11.0. The fraction of sp³-hybridized carbons (Fsp3) is 0.650. The van der Waals surface area contributed by atoms with Crippen LogP contribution in [0.25, 0.3) is 0 Å². The molecule has 1 aliphatic rings. The summed E-state index contributed by atoms with van der Waals surface area (Å²) < 4.78 is 0. The minimum Gasteiger partial charge on any atom is -0.369 e. The summed E-state index contributed by atoms with van der Waals surface area (Å²) in [6.07, 6.45) is 4.90. The number of hydrogen-bond acceptors (Lipinski definition) is 4. The quantitative estimate of drug-likeness (QED) is 0.638. The van der Waals surface area contributed by atoms with Gasteiger partial charge in [-0.15, -0.1) is 0 Å². The van der Waals surface area contributed by atoms with Crippen LogP contribution in [0.2, 0.25) is 0 Å². The molecule has 0 spiro atoms. The largest absolute Gasteiger partial charge is 0.369 e. The van der Waals surface area contributed by atoms with Gasteiger partial charge in [-0.2, -0.15) is 0 Å². The van der Waals surface area contributed by atoms with Gasteiger partial charge in [-0.1, -0.05) is 31.0 Å². The summed E-state index contributed by atoms with van der Waals surface area (Å²) >= 11 is 0. The molecule has 1 heterocycles. The number of piperazine rings is 1. The van der Waals surface area contributed by atoms with Crippen LogP contribution in [0.3, 0.4) is 0 Å². The monoisotopic (exact) mass is 346 g/mol. The van der Waals surface area contributed by atoms with Gasteiger partial charge in [-0.05, 0) is 38.4 Å². The van der Waals surface area contributed by atoms with E-state index < -0.39 is 0 Å². The fourth-order valence-electron chi connectivity index (χ4n) is 3.32. The lowest BCUT2D eigenvalue weighted by molar-refractivity contribution is -0.121. The second-order valence-electron chi connectivity index (χ2n) is 6.96. The minimum atomic E-state index is 0.183. The van der Waals surface area contributed by atoms with Crippen LogP contribution in [0.15, 0.2) is 30.3 Å². The third kappa shape index (κ3) is 7.04. The molecule has 0 aromatic heterocycles. The molecule has 2 rings (SSSR count). The van der Waals surface area contributed by atoms with Crippen molar-refractivity contribution in [2.75, 3.05) is 44.2 Å². The molecule has 1 saturated heterocycles. The molecule has 3 N–H and O–H groups in total. The van der Waals surface area contributed by atoms with Crippen LogP contribution in [-0.4, -0.2) is 56.1 Å². The molecular weight excluding hydrogens is 312 g/mol. The van der Waals surface area contributed by atoms with Crippen LogP contribution in [0, 0.1) is 0 Å². The first-order chi connectivity index (χ1) is 12.2. The number of anilines is 1. The Kier molecular flexibility index (Phi) is 8.77. The lowest BCUT2D eigenvalue weighted by atomic mass is 10.1. The van der Waals surface area contributed by atoms with Gasteiger partial charge >= 0.3 is 0 Å². The Bertz CT molecular complexity index is 486. The Labute approximate surface area is 152 Å². The molecule has 0 saturated carbocycles. The number of nitrogens with one attached hydrogen (secondary N) is 1. The summed E-state index contributed by atoms with van der Waals surface area (Å²) in [5.74, 6) is 0.183. The average molecular weight is 347 g/mol. The van der Waals surface area contributed by atoms with Crippen molar-refractivity contribution in [2.24, 2.45) is 5.73 Å². The molecule has 140 valence electrons. The van der Waals surface area contributed by atoms with Gasteiger partial charge in [0.05, 0.1) is 0 Å². The summed E-state index contributed by atoms with van der Waals surface area (Å²) in [6.45, 7) is 7.89. The van der Waals surface area contributed by atoms with Crippen molar-refractivity contribution in [1.29, 1.82) is 0 Å². The number of benzene rings is 1. The maximum atomic E-state index is 11.9. The summed E-state index contributed by atoms with van der Waals surface area (Å²) in [7, 11) is 0. The highest BCUT2D eigenvalue weighted by Gasteiger charge is 2.21. The van der Waals surface area contributed by atoms with Crippen molar-refractivity contribution in [3.05, 3.63) is 30.3 Å². The number of nitrogens with two attached hydrogens (primary N) is 1. The highest BCUT2D eigenvalue weighted by Crippen LogP contribution is 2.16. The zero-order chi connectivity index (χ0) is 17.9. The van der Waals surface area contributed by atoms with E-state index in [0.717, 1.165) is 65.0 Å². The fourth-order valence-corrected chi connectivity index (χ4v) is 3.32. The van der Waals surface area contributed by atoms with E-state index in [9.17, 15) is 4.79 Å². The maximum absolute atomic E-state index is 11.9. The van der Waals surface area contributed by atoms with Gasteiger partial charge in [0.1, 0.15) is 0 Å². The molecule has 5 nitrogen and oxygen atoms in total. The van der Waals surface area contributed by atoms with E-state index in [1.165, 1.54) is 5.69 Å². The Hall–Kier alpha value is -1.59. The third-order valence-corrected chi connectivity index (χ3v) is 5.01. The molecule has 1 aromatic rings. The van der Waals surface area contributed by atoms with Gasteiger partial charge in [0, 0.05) is 50.9 Å². The van der Waals surface area contributed by atoms with E-state index in [0.29, 0.717) is 12.5 Å². The number of rotatable bonds is 10. The van der Waals surface area contributed by atoms with Gasteiger partial charge < -0.3 is 16.0 Å². The minimum absolute atomic E-state index is 0.183. The van der Waals surface area contributed by atoms with Crippen molar-refractivity contribution in [1.82, 2.24) is 10.2 Å². The number of carbonyl (C=O) groups is 1. The predicted molar refractivity (Wildman–Crippen MR) is 105 cm³/mol. The van der Waals surface area contributed by atoms with Gasteiger partial charge in [-0.3, -0.25) is 9.69 Å². The second kappa shape index (κ2) is 11.1. The molecule has 0 radical (unpaired) electrons. The lowest BCUT2D eigenvalue weighted by Gasteiger charge is -2.39. The smallest absolute Gasteiger partial charge is 0.220 e. The van der Waals surface area contributed by atoms with Crippen LogP contribution in [0.1, 0.15) is 39.0 Å². The van der Waals surface area contributed by atoms with Gasteiger partial charge in [0.2, 0.25) is 5.91 Å². The topological polar surface area (TPSA) is 61.6 Å². The van der Waals surface area contributed by atoms with Crippen LogP contribution in [-0.2, 0) is 4.79 Å². The molecule has 1 amide bonds. The zero-order valence-electron chi connectivity index (χ0n) is 15.6. The predicted octanol–water partition coefficient (Wildman–Crippen LogP) is 2.22. The number of amides is 1. The van der Waals surface area contributed by atoms with E-state index in [-0.39, 0.29) is 5.91 Å². The average Bonchev–Trinajstić information content (AvgIpc) is 2.67. The van der Waals surface area contributed by atoms with Crippen molar-refractivity contribution < 1.29 is 4.79 Å².